The number of hydrogen-bond acceptors (Lipinski definition) is 4. The van der Waals surface area contributed by atoms with Gasteiger partial charge in [0.15, 0.2) is 0 Å². The Hall–Kier alpha value is -1.62. The number of fused-ring (bicyclic) bond motifs is 1. The van der Waals surface area contributed by atoms with E-state index >= 15 is 0 Å². The van der Waals surface area contributed by atoms with E-state index in [9.17, 15) is 9.90 Å². The molecule has 0 radical (unpaired) electrons. The molecule has 1 unspecified atom stereocenters. The largest absolute Gasteiger partial charge is 0.480 e. The number of carbonyl (C=O) groups is 1. The molecule has 17 heavy (non-hydrogen) atoms. The highest BCUT2D eigenvalue weighted by molar-refractivity contribution is 7.11. The van der Waals surface area contributed by atoms with Gasteiger partial charge in [0, 0.05) is 5.39 Å². The maximum absolute atomic E-state index is 11.2. The van der Waals surface area contributed by atoms with E-state index in [1.807, 2.05) is 24.3 Å². The second-order valence-electron chi connectivity index (χ2n) is 4.33. The third-order valence-electron chi connectivity index (χ3n) is 3.03. The smallest absolute Gasteiger partial charge is 0.326 e. The Bertz CT molecular complexity index is 562. The fourth-order valence-electron chi connectivity index (χ4n) is 1.95. The van der Waals surface area contributed by atoms with Gasteiger partial charge in [-0.3, -0.25) is 0 Å². The first kappa shape index (κ1) is 10.5. The SMILES string of the molecule is O=C(O)C(Nc1snc2ccccc12)C1CC1. The number of nitrogens with one attached hydrogen (secondary N) is 1. The van der Waals surface area contributed by atoms with Crippen molar-refractivity contribution in [1.82, 2.24) is 4.37 Å². The molecule has 2 aromatic rings. The normalized spacial score (nSPS) is 16.9. The van der Waals surface area contributed by atoms with Gasteiger partial charge in [0.05, 0.1) is 5.52 Å². The molecule has 1 fully saturated rings. The number of hydrogen-bond donors (Lipinski definition) is 2. The number of aromatic nitrogens is 1. The summed E-state index contributed by atoms with van der Waals surface area (Å²) in [4.78, 5) is 11.2. The molecule has 0 spiro atoms. The van der Waals surface area contributed by atoms with Gasteiger partial charge in [0.1, 0.15) is 11.0 Å². The first-order valence-electron chi connectivity index (χ1n) is 5.59. The Labute approximate surface area is 102 Å². The van der Waals surface area contributed by atoms with E-state index in [0.29, 0.717) is 0 Å². The number of aliphatic carboxylic acids is 1. The summed E-state index contributed by atoms with van der Waals surface area (Å²) in [5, 5.41) is 14.2. The molecule has 1 aromatic carbocycles. The molecular weight excluding hydrogens is 236 g/mol. The van der Waals surface area contributed by atoms with Gasteiger partial charge in [0.2, 0.25) is 0 Å². The van der Waals surface area contributed by atoms with E-state index < -0.39 is 12.0 Å². The quantitative estimate of drug-likeness (QED) is 0.873. The number of nitrogens with zero attached hydrogens (tertiary/aromatic N) is 1. The van der Waals surface area contributed by atoms with Crippen molar-refractivity contribution >= 4 is 33.4 Å². The van der Waals surface area contributed by atoms with Gasteiger partial charge in [-0.2, -0.15) is 4.37 Å². The Morgan fingerprint density at radius 3 is 2.94 bits per heavy atom. The Morgan fingerprint density at radius 1 is 1.47 bits per heavy atom. The predicted molar refractivity (Wildman–Crippen MR) is 67.4 cm³/mol. The summed E-state index contributed by atoms with van der Waals surface area (Å²) in [7, 11) is 0. The van der Waals surface area contributed by atoms with Gasteiger partial charge in [-0.15, -0.1) is 0 Å². The monoisotopic (exact) mass is 248 g/mol. The third-order valence-corrected chi connectivity index (χ3v) is 3.84. The molecule has 1 heterocycles. The minimum Gasteiger partial charge on any atom is -0.480 e. The van der Waals surface area contributed by atoms with Crippen LogP contribution in [0.15, 0.2) is 24.3 Å². The molecule has 1 aliphatic rings. The predicted octanol–water partition coefficient (Wildman–Crippen LogP) is 2.57. The Kier molecular flexibility index (Phi) is 2.48. The summed E-state index contributed by atoms with van der Waals surface area (Å²) < 4.78 is 4.30. The summed E-state index contributed by atoms with van der Waals surface area (Å²) in [5.41, 5.74) is 0.917. The molecule has 1 atom stereocenters. The molecule has 0 aliphatic heterocycles. The maximum Gasteiger partial charge on any atom is 0.326 e. The van der Waals surface area contributed by atoms with Gasteiger partial charge >= 0.3 is 5.97 Å². The number of rotatable bonds is 4. The summed E-state index contributed by atoms with van der Waals surface area (Å²) in [6, 6.07) is 7.30. The minimum atomic E-state index is -0.773. The van der Waals surface area contributed by atoms with Crippen LogP contribution in [0.3, 0.4) is 0 Å². The van der Waals surface area contributed by atoms with Gasteiger partial charge < -0.3 is 10.4 Å². The van der Waals surface area contributed by atoms with Crippen LogP contribution in [-0.4, -0.2) is 21.5 Å². The van der Waals surface area contributed by atoms with E-state index in [4.69, 9.17) is 0 Å². The van der Waals surface area contributed by atoms with Crippen LogP contribution in [0.5, 0.6) is 0 Å². The molecule has 0 saturated heterocycles. The number of anilines is 1. The number of carboxylic acids is 1. The second kappa shape index (κ2) is 4.00. The molecule has 1 aromatic heterocycles. The number of carboxylic acid groups (broad SMARTS) is 1. The van der Waals surface area contributed by atoms with Crippen LogP contribution in [0.2, 0.25) is 0 Å². The molecule has 4 nitrogen and oxygen atoms in total. The lowest BCUT2D eigenvalue weighted by atomic mass is 10.2. The van der Waals surface area contributed by atoms with Crippen LogP contribution in [0, 0.1) is 5.92 Å². The lowest BCUT2D eigenvalue weighted by Gasteiger charge is -2.12. The van der Waals surface area contributed by atoms with Crippen molar-refractivity contribution in [2.75, 3.05) is 5.32 Å². The van der Waals surface area contributed by atoms with E-state index in [1.165, 1.54) is 11.5 Å². The summed E-state index contributed by atoms with van der Waals surface area (Å²) >= 11 is 1.33. The van der Waals surface area contributed by atoms with Crippen LogP contribution in [0.1, 0.15) is 12.8 Å². The molecule has 3 rings (SSSR count). The fourth-order valence-corrected chi connectivity index (χ4v) is 2.74. The highest BCUT2D eigenvalue weighted by Gasteiger charge is 2.36. The summed E-state index contributed by atoms with van der Waals surface area (Å²) in [6.45, 7) is 0. The lowest BCUT2D eigenvalue weighted by molar-refractivity contribution is -0.138. The maximum atomic E-state index is 11.2. The second-order valence-corrected chi connectivity index (χ2v) is 5.10. The van der Waals surface area contributed by atoms with Crippen LogP contribution in [0.4, 0.5) is 5.00 Å². The zero-order chi connectivity index (χ0) is 11.8. The van der Waals surface area contributed by atoms with Crippen LogP contribution in [-0.2, 0) is 4.79 Å². The number of benzene rings is 1. The van der Waals surface area contributed by atoms with Crippen molar-refractivity contribution in [3.63, 3.8) is 0 Å². The molecular formula is C12H12N2O2S. The van der Waals surface area contributed by atoms with Crippen molar-refractivity contribution in [1.29, 1.82) is 0 Å². The van der Waals surface area contributed by atoms with E-state index in [2.05, 4.69) is 9.69 Å². The van der Waals surface area contributed by atoms with Crippen LogP contribution < -0.4 is 5.32 Å². The van der Waals surface area contributed by atoms with E-state index in [1.54, 1.807) is 0 Å². The van der Waals surface area contributed by atoms with E-state index in [0.717, 1.165) is 28.7 Å². The summed E-state index contributed by atoms with van der Waals surface area (Å²) in [6.07, 6.45) is 2.00. The Balaban J connectivity index is 1.90. The average molecular weight is 248 g/mol. The van der Waals surface area contributed by atoms with Crippen molar-refractivity contribution < 1.29 is 9.90 Å². The van der Waals surface area contributed by atoms with Crippen molar-refractivity contribution in [3.8, 4) is 0 Å². The standard InChI is InChI=1S/C12H12N2O2S/c15-12(16)10(7-5-6-7)13-11-8-3-1-2-4-9(8)14-17-11/h1-4,7,10,13H,5-6H2,(H,15,16). The van der Waals surface area contributed by atoms with Crippen molar-refractivity contribution in [2.24, 2.45) is 5.92 Å². The topological polar surface area (TPSA) is 62.2 Å². The molecule has 5 heteroatoms. The van der Waals surface area contributed by atoms with Gasteiger partial charge in [-0.1, -0.05) is 12.1 Å². The first-order valence-corrected chi connectivity index (χ1v) is 6.37. The third kappa shape index (κ3) is 1.98. The molecule has 88 valence electrons. The fraction of sp³-hybridized carbons (Fsp3) is 0.333. The van der Waals surface area contributed by atoms with Gasteiger partial charge in [-0.05, 0) is 42.4 Å². The van der Waals surface area contributed by atoms with Crippen molar-refractivity contribution in [3.05, 3.63) is 24.3 Å². The van der Waals surface area contributed by atoms with Crippen molar-refractivity contribution in [2.45, 2.75) is 18.9 Å². The summed E-state index contributed by atoms with van der Waals surface area (Å²) in [5.74, 6) is -0.502. The Morgan fingerprint density at radius 2 is 2.24 bits per heavy atom. The molecule has 1 saturated carbocycles. The highest BCUT2D eigenvalue weighted by atomic mass is 32.1. The highest BCUT2D eigenvalue weighted by Crippen LogP contribution is 2.36. The lowest BCUT2D eigenvalue weighted by Crippen LogP contribution is -2.30. The average Bonchev–Trinajstić information content (AvgIpc) is 3.07. The van der Waals surface area contributed by atoms with E-state index in [-0.39, 0.29) is 5.92 Å². The van der Waals surface area contributed by atoms with Gasteiger partial charge in [-0.25, -0.2) is 4.79 Å². The molecule has 0 amide bonds. The first-order chi connectivity index (χ1) is 8.25. The van der Waals surface area contributed by atoms with Gasteiger partial charge in [0.25, 0.3) is 0 Å². The van der Waals surface area contributed by atoms with Crippen LogP contribution >= 0.6 is 11.5 Å². The molecule has 0 bridgehead atoms. The van der Waals surface area contributed by atoms with Crippen LogP contribution in [0.25, 0.3) is 10.9 Å². The zero-order valence-corrected chi connectivity index (χ0v) is 9.91. The minimum absolute atomic E-state index is 0.272. The molecule has 2 N–H and O–H groups in total. The molecule has 1 aliphatic carbocycles. The zero-order valence-electron chi connectivity index (χ0n) is 9.09.